The van der Waals surface area contributed by atoms with E-state index < -0.39 is 16.3 Å². The van der Waals surface area contributed by atoms with Gasteiger partial charge in [-0.25, -0.2) is 4.39 Å². The third-order valence-electron chi connectivity index (χ3n) is 2.24. The number of halogens is 5. The largest absolute Gasteiger partial charge is 0.416 e. The Hall–Kier alpha value is -0.780. The van der Waals surface area contributed by atoms with E-state index in [9.17, 15) is 17.6 Å². The lowest BCUT2D eigenvalue weighted by molar-refractivity contribution is -0.137. The van der Waals surface area contributed by atoms with Crippen molar-refractivity contribution in [2.45, 2.75) is 10.8 Å². The fourth-order valence-corrected chi connectivity index (χ4v) is 1.97. The van der Waals surface area contributed by atoms with E-state index in [-0.39, 0.29) is 17.8 Å². The monoisotopic (exact) mass is 283 g/mol. The van der Waals surface area contributed by atoms with Gasteiger partial charge in [-0.15, -0.1) is 0 Å². The van der Waals surface area contributed by atoms with Gasteiger partial charge in [-0.05, 0) is 28.1 Å². The van der Waals surface area contributed by atoms with Crippen LogP contribution in [0.2, 0.25) is 0 Å². The molecule has 1 heterocycles. The van der Waals surface area contributed by atoms with Crippen LogP contribution < -0.4 is 5.32 Å². The molecule has 1 aromatic rings. The topological polar surface area (TPSA) is 12.0 Å². The number of hydrogen-bond acceptors (Lipinski definition) is 1. The third-order valence-corrected chi connectivity index (χ3v) is 2.95. The average molecular weight is 284 g/mol. The molecule has 15 heavy (non-hydrogen) atoms. The lowest BCUT2D eigenvalue weighted by Crippen LogP contribution is -2.12. The molecule has 1 unspecified atom stereocenters. The first-order chi connectivity index (χ1) is 6.81. The Balaban J connectivity index is 2.47. The van der Waals surface area contributed by atoms with Crippen LogP contribution in [0.1, 0.15) is 11.1 Å². The molecule has 0 radical (unpaired) electrons. The van der Waals surface area contributed by atoms with Crippen LogP contribution in [0, 0.1) is 0 Å². The minimum Gasteiger partial charge on any atom is -0.380 e. The summed E-state index contributed by atoms with van der Waals surface area (Å²) in [5.74, 6) is 0. The summed E-state index contributed by atoms with van der Waals surface area (Å²) in [7, 11) is 0. The van der Waals surface area contributed by atoms with Crippen molar-refractivity contribution in [3.63, 3.8) is 0 Å². The normalized spacial score (nSPS) is 24.9. The van der Waals surface area contributed by atoms with Gasteiger partial charge in [-0.1, -0.05) is 6.07 Å². The van der Waals surface area contributed by atoms with Crippen molar-refractivity contribution in [1.82, 2.24) is 0 Å². The quantitative estimate of drug-likeness (QED) is 0.566. The first kappa shape index (κ1) is 10.7. The SMILES string of the molecule is FC(F)(F)c1ccc2c(c1)NCC2(F)Br. The number of nitrogens with one attached hydrogen (secondary N) is 1. The molecule has 2 rings (SSSR count). The summed E-state index contributed by atoms with van der Waals surface area (Å²) >= 11 is 2.81. The van der Waals surface area contributed by atoms with Gasteiger partial charge < -0.3 is 5.32 Å². The molecule has 0 saturated carbocycles. The molecule has 1 N–H and O–H groups in total. The number of alkyl halides is 5. The molecule has 1 nitrogen and oxygen atoms in total. The fraction of sp³-hybridized carbons (Fsp3) is 0.333. The molecule has 6 heteroatoms. The predicted octanol–water partition coefficient (Wildman–Crippen LogP) is 3.65. The number of benzene rings is 1. The van der Waals surface area contributed by atoms with Crippen molar-refractivity contribution in [2.75, 3.05) is 11.9 Å². The van der Waals surface area contributed by atoms with Gasteiger partial charge in [-0.3, -0.25) is 0 Å². The molecule has 82 valence electrons. The first-order valence-corrected chi connectivity index (χ1v) is 4.93. The van der Waals surface area contributed by atoms with Gasteiger partial charge >= 0.3 is 6.18 Å². The zero-order valence-corrected chi connectivity index (χ0v) is 8.91. The molecular weight excluding hydrogens is 278 g/mol. The second-order valence-electron chi connectivity index (χ2n) is 3.32. The van der Waals surface area contributed by atoms with Crippen LogP contribution in [0.5, 0.6) is 0 Å². The van der Waals surface area contributed by atoms with Crippen LogP contribution >= 0.6 is 15.9 Å². The summed E-state index contributed by atoms with van der Waals surface area (Å²) in [4.78, 5) is 0. The molecule has 1 atom stereocenters. The minimum absolute atomic E-state index is 0.0658. The van der Waals surface area contributed by atoms with Crippen LogP contribution in [-0.4, -0.2) is 6.54 Å². The second-order valence-corrected chi connectivity index (χ2v) is 4.57. The fourth-order valence-electron chi connectivity index (χ4n) is 1.49. The van der Waals surface area contributed by atoms with Crippen molar-refractivity contribution >= 4 is 21.6 Å². The molecule has 0 bridgehead atoms. The maximum absolute atomic E-state index is 13.6. The van der Waals surface area contributed by atoms with Gasteiger partial charge in [0.2, 0.25) is 4.58 Å². The van der Waals surface area contributed by atoms with Gasteiger partial charge in [0.05, 0.1) is 12.1 Å². The summed E-state index contributed by atoms with van der Waals surface area (Å²) in [6.07, 6.45) is -4.40. The highest BCUT2D eigenvalue weighted by atomic mass is 79.9. The Kier molecular flexibility index (Phi) is 2.22. The van der Waals surface area contributed by atoms with Gasteiger partial charge in [0.15, 0.2) is 0 Å². The van der Waals surface area contributed by atoms with E-state index in [2.05, 4.69) is 21.2 Å². The van der Waals surface area contributed by atoms with E-state index in [0.717, 1.165) is 18.2 Å². The number of anilines is 1. The molecule has 0 amide bonds. The smallest absolute Gasteiger partial charge is 0.380 e. The predicted molar refractivity (Wildman–Crippen MR) is 51.6 cm³/mol. The van der Waals surface area contributed by atoms with Crippen molar-refractivity contribution < 1.29 is 17.6 Å². The standard InChI is InChI=1S/C9H6BrF4N/c10-8(11)4-15-7-3-5(9(12,13)14)1-2-6(7)8/h1-3,15H,4H2. The summed E-state index contributed by atoms with van der Waals surface area (Å²) < 4.78 is 48.8. The van der Waals surface area contributed by atoms with Crippen LogP contribution in [0.4, 0.5) is 23.2 Å². The summed E-state index contributed by atoms with van der Waals surface area (Å²) in [5.41, 5.74) is -0.390. The molecule has 1 aromatic carbocycles. The maximum Gasteiger partial charge on any atom is 0.416 e. The minimum atomic E-state index is -4.40. The highest BCUT2D eigenvalue weighted by molar-refractivity contribution is 9.09. The maximum atomic E-state index is 13.6. The molecule has 0 spiro atoms. The Labute approximate surface area is 91.6 Å². The van der Waals surface area contributed by atoms with Gasteiger partial charge in [0.1, 0.15) is 0 Å². The molecule has 0 saturated heterocycles. The Morgan fingerprint density at radius 3 is 2.60 bits per heavy atom. The molecule has 0 fully saturated rings. The molecule has 0 aliphatic carbocycles. The zero-order valence-electron chi connectivity index (χ0n) is 7.33. The van der Waals surface area contributed by atoms with Gasteiger partial charge in [0, 0.05) is 11.3 Å². The Morgan fingerprint density at radius 2 is 2.00 bits per heavy atom. The summed E-state index contributed by atoms with van der Waals surface area (Å²) in [6.45, 7) is -0.0658. The Bertz CT molecular complexity index is 400. The Morgan fingerprint density at radius 1 is 1.33 bits per heavy atom. The van der Waals surface area contributed by atoms with E-state index in [4.69, 9.17) is 0 Å². The molecular formula is C9H6BrF4N. The first-order valence-electron chi connectivity index (χ1n) is 4.14. The second kappa shape index (κ2) is 3.10. The van der Waals surface area contributed by atoms with Gasteiger partial charge in [0.25, 0.3) is 0 Å². The lowest BCUT2D eigenvalue weighted by Gasteiger charge is -2.11. The molecule has 0 aromatic heterocycles. The third kappa shape index (κ3) is 1.82. The number of hydrogen-bond donors (Lipinski definition) is 1. The van der Waals surface area contributed by atoms with E-state index in [1.54, 1.807) is 0 Å². The highest BCUT2D eigenvalue weighted by Gasteiger charge is 2.39. The van der Waals surface area contributed by atoms with E-state index in [0.29, 0.717) is 0 Å². The van der Waals surface area contributed by atoms with E-state index in [1.165, 1.54) is 0 Å². The van der Waals surface area contributed by atoms with Crippen molar-refractivity contribution in [1.29, 1.82) is 0 Å². The van der Waals surface area contributed by atoms with Crippen LogP contribution in [0.3, 0.4) is 0 Å². The average Bonchev–Trinajstić information content (AvgIpc) is 2.41. The zero-order chi connectivity index (χ0) is 11.3. The lowest BCUT2D eigenvalue weighted by atomic mass is 10.1. The van der Waals surface area contributed by atoms with Crippen LogP contribution in [-0.2, 0) is 10.8 Å². The van der Waals surface area contributed by atoms with Crippen LogP contribution in [0.15, 0.2) is 18.2 Å². The highest BCUT2D eigenvalue weighted by Crippen LogP contribution is 2.44. The number of rotatable bonds is 0. The van der Waals surface area contributed by atoms with E-state index in [1.807, 2.05) is 0 Å². The van der Waals surface area contributed by atoms with Crippen LogP contribution in [0.25, 0.3) is 0 Å². The van der Waals surface area contributed by atoms with E-state index >= 15 is 0 Å². The summed E-state index contributed by atoms with van der Waals surface area (Å²) in [6, 6.07) is 2.94. The molecule has 1 aliphatic heterocycles. The van der Waals surface area contributed by atoms with Crippen molar-refractivity contribution in [3.05, 3.63) is 29.3 Å². The number of fused-ring (bicyclic) bond motifs is 1. The summed E-state index contributed by atoms with van der Waals surface area (Å²) in [5, 5.41) is 2.58. The molecule has 1 aliphatic rings. The van der Waals surface area contributed by atoms with Crippen molar-refractivity contribution in [2.24, 2.45) is 0 Å². The van der Waals surface area contributed by atoms with Crippen molar-refractivity contribution in [3.8, 4) is 0 Å². The van der Waals surface area contributed by atoms with Gasteiger partial charge in [-0.2, -0.15) is 13.2 Å².